The predicted molar refractivity (Wildman–Crippen MR) is 84.8 cm³/mol. The number of amides is 1. The van der Waals surface area contributed by atoms with E-state index >= 15 is 0 Å². The zero-order valence-corrected chi connectivity index (χ0v) is 13.6. The molecule has 0 fully saturated rings. The van der Waals surface area contributed by atoms with Crippen LogP contribution in [0.1, 0.15) is 31.8 Å². The molecule has 2 aromatic heterocycles. The molecule has 0 bridgehead atoms. The molecule has 8 heteroatoms. The van der Waals surface area contributed by atoms with Crippen molar-refractivity contribution in [3.05, 3.63) is 23.2 Å². The number of aromatic nitrogens is 4. The van der Waals surface area contributed by atoms with E-state index in [1.165, 1.54) is 11.3 Å². The highest BCUT2D eigenvalue weighted by Crippen LogP contribution is 2.21. The van der Waals surface area contributed by atoms with Crippen LogP contribution in [-0.4, -0.2) is 38.2 Å². The SMILES string of the molecule is CCN(C(C)=O)c1nc(CNC2CCc3ncnn3C2)cs1. The Bertz CT molecular complexity index is 651. The molecular weight excluding hydrogens is 300 g/mol. The number of hydrogen-bond donors (Lipinski definition) is 1. The Hall–Kier alpha value is -1.80. The first-order chi connectivity index (χ1) is 10.7. The Kier molecular flexibility index (Phi) is 4.49. The maximum absolute atomic E-state index is 11.5. The van der Waals surface area contributed by atoms with Gasteiger partial charge in [-0.15, -0.1) is 11.3 Å². The van der Waals surface area contributed by atoms with Crippen LogP contribution in [0.2, 0.25) is 0 Å². The number of nitrogens with zero attached hydrogens (tertiary/aromatic N) is 5. The Morgan fingerprint density at radius 1 is 1.59 bits per heavy atom. The molecule has 0 spiro atoms. The average Bonchev–Trinajstić information content (AvgIpc) is 3.14. The van der Waals surface area contributed by atoms with Crippen LogP contribution in [-0.2, 0) is 24.3 Å². The van der Waals surface area contributed by atoms with Gasteiger partial charge in [0.25, 0.3) is 0 Å². The molecular formula is C14H20N6OS. The van der Waals surface area contributed by atoms with E-state index in [1.807, 2.05) is 17.0 Å². The van der Waals surface area contributed by atoms with E-state index in [2.05, 4.69) is 20.4 Å². The summed E-state index contributed by atoms with van der Waals surface area (Å²) in [6, 6.07) is 0.384. The first-order valence-corrected chi connectivity index (χ1v) is 8.38. The third-order valence-corrected chi connectivity index (χ3v) is 4.76. The molecule has 1 aliphatic rings. The van der Waals surface area contributed by atoms with Crippen molar-refractivity contribution in [2.45, 2.75) is 45.8 Å². The Morgan fingerprint density at radius 3 is 3.23 bits per heavy atom. The largest absolute Gasteiger partial charge is 0.306 e. The van der Waals surface area contributed by atoms with Gasteiger partial charge in [-0.1, -0.05) is 0 Å². The number of nitrogens with one attached hydrogen (secondary N) is 1. The fourth-order valence-electron chi connectivity index (χ4n) is 2.65. The number of fused-ring (bicyclic) bond motifs is 1. The lowest BCUT2D eigenvalue weighted by Gasteiger charge is -2.23. The average molecular weight is 320 g/mol. The van der Waals surface area contributed by atoms with Gasteiger partial charge < -0.3 is 5.32 Å². The van der Waals surface area contributed by atoms with Crippen LogP contribution in [0.5, 0.6) is 0 Å². The lowest BCUT2D eigenvalue weighted by Crippen LogP contribution is -2.37. The van der Waals surface area contributed by atoms with Crippen LogP contribution in [0.25, 0.3) is 0 Å². The molecule has 3 rings (SSSR count). The lowest BCUT2D eigenvalue weighted by molar-refractivity contribution is -0.116. The fourth-order valence-corrected chi connectivity index (χ4v) is 3.58. The molecule has 2 aromatic rings. The highest BCUT2D eigenvalue weighted by molar-refractivity contribution is 7.14. The summed E-state index contributed by atoms with van der Waals surface area (Å²) in [5.41, 5.74) is 0.976. The summed E-state index contributed by atoms with van der Waals surface area (Å²) < 4.78 is 1.96. The van der Waals surface area contributed by atoms with Crippen molar-refractivity contribution in [1.29, 1.82) is 0 Å². The van der Waals surface area contributed by atoms with Crippen LogP contribution in [0.4, 0.5) is 5.13 Å². The van der Waals surface area contributed by atoms with Gasteiger partial charge in [-0.3, -0.25) is 9.69 Å². The molecule has 1 amide bonds. The zero-order valence-electron chi connectivity index (χ0n) is 12.8. The van der Waals surface area contributed by atoms with Gasteiger partial charge in [-0.05, 0) is 13.3 Å². The normalized spacial score (nSPS) is 17.3. The van der Waals surface area contributed by atoms with Gasteiger partial charge >= 0.3 is 0 Å². The second-order valence-corrected chi connectivity index (χ2v) is 6.20. The minimum Gasteiger partial charge on any atom is -0.306 e. The number of carbonyl (C=O) groups excluding carboxylic acids is 1. The van der Waals surface area contributed by atoms with Gasteiger partial charge in [0, 0.05) is 37.9 Å². The Balaban J connectivity index is 1.56. The van der Waals surface area contributed by atoms with Crippen LogP contribution in [0, 0.1) is 0 Å². The van der Waals surface area contributed by atoms with Gasteiger partial charge in [-0.2, -0.15) is 5.10 Å². The topological polar surface area (TPSA) is 75.9 Å². The van der Waals surface area contributed by atoms with Gasteiger partial charge in [0.2, 0.25) is 5.91 Å². The van der Waals surface area contributed by atoms with Crippen molar-refractivity contribution in [2.75, 3.05) is 11.4 Å². The molecule has 0 saturated carbocycles. The van der Waals surface area contributed by atoms with Crippen molar-refractivity contribution < 1.29 is 4.79 Å². The summed E-state index contributed by atoms with van der Waals surface area (Å²) in [6.45, 7) is 5.73. The number of rotatable bonds is 5. The van der Waals surface area contributed by atoms with Crippen LogP contribution in [0.15, 0.2) is 11.7 Å². The molecule has 1 aliphatic heterocycles. The highest BCUT2D eigenvalue weighted by Gasteiger charge is 2.20. The molecule has 0 saturated heterocycles. The minimum absolute atomic E-state index is 0.0300. The molecule has 7 nitrogen and oxygen atoms in total. The van der Waals surface area contributed by atoms with Crippen LogP contribution in [0.3, 0.4) is 0 Å². The minimum atomic E-state index is 0.0300. The summed E-state index contributed by atoms with van der Waals surface area (Å²) >= 11 is 1.51. The van der Waals surface area contributed by atoms with Crippen molar-refractivity contribution in [1.82, 2.24) is 25.1 Å². The van der Waals surface area contributed by atoms with Gasteiger partial charge in [-0.25, -0.2) is 14.6 Å². The number of hydrogen-bond acceptors (Lipinski definition) is 6. The second-order valence-electron chi connectivity index (χ2n) is 5.36. The first-order valence-electron chi connectivity index (χ1n) is 7.50. The molecule has 0 aromatic carbocycles. The highest BCUT2D eigenvalue weighted by atomic mass is 32.1. The third kappa shape index (κ3) is 3.17. The molecule has 0 radical (unpaired) electrons. The van der Waals surface area contributed by atoms with E-state index in [9.17, 15) is 4.79 Å². The number of anilines is 1. The molecule has 1 unspecified atom stereocenters. The number of carbonyl (C=O) groups is 1. The molecule has 0 aliphatic carbocycles. The lowest BCUT2D eigenvalue weighted by atomic mass is 10.1. The van der Waals surface area contributed by atoms with E-state index in [-0.39, 0.29) is 5.91 Å². The van der Waals surface area contributed by atoms with Gasteiger partial charge in [0.15, 0.2) is 5.13 Å². The quantitative estimate of drug-likeness (QED) is 0.896. The molecule has 1 atom stereocenters. The van der Waals surface area contributed by atoms with E-state index in [4.69, 9.17) is 0 Å². The standard InChI is InChI=1S/C14H20N6OS/c1-3-19(10(2)21)14-18-12(8-22-14)6-15-11-4-5-13-16-9-17-20(13)7-11/h8-9,11,15H,3-7H2,1-2H3. The van der Waals surface area contributed by atoms with E-state index in [0.717, 1.165) is 36.0 Å². The summed E-state index contributed by atoms with van der Waals surface area (Å²) in [5, 5.41) is 10.5. The fraction of sp³-hybridized carbons (Fsp3) is 0.571. The maximum Gasteiger partial charge on any atom is 0.225 e. The molecule has 22 heavy (non-hydrogen) atoms. The summed E-state index contributed by atoms with van der Waals surface area (Å²) in [4.78, 5) is 22.0. The summed E-state index contributed by atoms with van der Waals surface area (Å²) in [5.74, 6) is 1.09. The van der Waals surface area contributed by atoms with Crippen LogP contribution >= 0.6 is 11.3 Å². The van der Waals surface area contributed by atoms with E-state index in [0.29, 0.717) is 19.1 Å². The van der Waals surface area contributed by atoms with Gasteiger partial charge in [0.1, 0.15) is 12.2 Å². The maximum atomic E-state index is 11.5. The Morgan fingerprint density at radius 2 is 2.45 bits per heavy atom. The Labute approximate surface area is 133 Å². The summed E-state index contributed by atoms with van der Waals surface area (Å²) in [7, 11) is 0. The zero-order chi connectivity index (χ0) is 15.5. The number of aryl methyl sites for hydroxylation is 1. The monoisotopic (exact) mass is 320 g/mol. The second kappa shape index (κ2) is 6.53. The van der Waals surface area contributed by atoms with Gasteiger partial charge in [0.05, 0.1) is 12.2 Å². The smallest absolute Gasteiger partial charge is 0.225 e. The molecule has 3 heterocycles. The van der Waals surface area contributed by atoms with Crippen molar-refractivity contribution in [3.8, 4) is 0 Å². The van der Waals surface area contributed by atoms with Crippen LogP contribution < -0.4 is 10.2 Å². The van der Waals surface area contributed by atoms with E-state index < -0.39 is 0 Å². The van der Waals surface area contributed by atoms with Crippen molar-refractivity contribution >= 4 is 22.4 Å². The number of thiazole rings is 1. The van der Waals surface area contributed by atoms with E-state index in [1.54, 1.807) is 18.2 Å². The first kappa shape index (κ1) is 15.1. The van der Waals surface area contributed by atoms with Crippen molar-refractivity contribution in [3.63, 3.8) is 0 Å². The molecule has 1 N–H and O–H groups in total. The molecule has 118 valence electrons. The predicted octanol–water partition coefficient (Wildman–Crippen LogP) is 1.21. The van der Waals surface area contributed by atoms with Crippen molar-refractivity contribution in [2.24, 2.45) is 0 Å². The third-order valence-electron chi connectivity index (χ3n) is 3.84. The summed E-state index contributed by atoms with van der Waals surface area (Å²) in [6.07, 6.45) is 3.63.